The molecule has 1 aliphatic heterocycles. The van der Waals surface area contributed by atoms with Crippen LogP contribution in [0.5, 0.6) is 11.5 Å². The Labute approximate surface area is 149 Å². The minimum Gasteiger partial charge on any atom is -0.545 e. The summed E-state index contributed by atoms with van der Waals surface area (Å²) in [5.74, 6) is -0.427. The average molecular weight is 383 g/mol. The topological polar surface area (TPSA) is 105 Å². The van der Waals surface area contributed by atoms with E-state index in [9.17, 15) is 18.3 Å². The second-order valence-corrected chi connectivity index (χ2v) is 7.45. The largest absolute Gasteiger partial charge is 0.545 e. The normalized spacial score (nSPS) is 16.4. The summed E-state index contributed by atoms with van der Waals surface area (Å²) in [6, 6.07) is 10.4. The van der Waals surface area contributed by atoms with Crippen molar-refractivity contribution >= 4 is 27.6 Å². The minimum absolute atomic E-state index is 0.0417. The Hall–Kier alpha value is -2.29. The summed E-state index contributed by atoms with van der Waals surface area (Å²) in [6.07, 6.45) is -0.516. The summed E-state index contributed by atoms with van der Waals surface area (Å²) < 4.78 is 38.2. The van der Waals surface area contributed by atoms with Gasteiger partial charge in [-0.15, -0.1) is 0 Å². The molecule has 0 spiro atoms. The number of fused-ring (bicyclic) bond motifs is 1. The molecule has 2 aromatic carbocycles. The van der Waals surface area contributed by atoms with Gasteiger partial charge in [0.15, 0.2) is 11.5 Å². The fourth-order valence-corrected chi connectivity index (χ4v) is 3.56. The van der Waals surface area contributed by atoms with Gasteiger partial charge in [0.1, 0.15) is 12.7 Å². The molecule has 0 radical (unpaired) electrons. The second kappa shape index (κ2) is 6.91. The van der Waals surface area contributed by atoms with Crippen LogP contribution in [0.1, 0.15) is 10.4 Å². The van der Waals surface area contributed by atoms with Crippen LogP contribution in [0.15, 0.2) is 47.4 Å². The van der Waals surface area contributed by atoms with Crippen LogP contribution in [0.25, 0.3) is 0 Å². The van der Waals surface area contributed by atoms with E-state index in [0.717, 1.165) is 6.07 Å². The van der Waals surface area contributed by atoms with Gasteiger partial charge in [-0.2, -0.15) is 0 Å². The standard InChI is InChI=1S/C16H14ClNO6S/c17-13-6-5-11(7-12(13)16(19)20)25(21,22)18-8-10-9-23-14-3-1-2-4-15(14)24-10/h1-7,10,18H,8-9H2,(H,19,20)/p-1/t10-/m1/s1. The van der Waals surface area contributed by atoms with Crippen molar-refractivity contribution in [3.05, 3.63) is 53.1 Å². The Morgan fingerprint density at radius 1 is 1.24 bits per heavy atom. The highest BCUT2D eigenvalue weighted by Crippen LogP contribution is 2.30. The van der Waals surface area contributed by atoms with Gasteiger partial charge in [-0.3, -0.25) is 0 Å². The quantitative estimate of drug-likeness (QED) is 0.821. The van der Waals surface area contributed by atoms with Gasteiger partial charge in [-0.05, 0) is 30.3 Å². The van der Waals surface area contributed by atoms with E-state index in [1.54, 1.807) is 24.3 Å². The first kappa shape index (κ1) is 17.5. The van der Waals surface area contributed by atoms with E-state index in [-0.39, 0.29) is 23.1 Å². The van der Waals surface area contributed by atoms with Gasteiger partial charge < -0.3 is 19.4 Å². The van der Waals surface area contributed by atoms with Crippen molar-refractivity contribution in [1.29, 1.82) is 0 Å². The lowest BCUT2D eigenvalue weighted by Gasteiger charge is -2.26. The molecule has 0 unspecified atom stereocenters. The number of hydrogen-bond donors (Lipinski definition) is 1. The lowest BCUT2D eigenvalue weighted by atomic mass is 10.2. The number of para-hydroxylation sites is 2. The minimum atomic E-state index is -3.95. The van der Waals surface area contributed by atoms with E-state index in [0.29, 0.717) is 11.5 Å². The number of nitrogens with one attached hydrogen (secondary N) is 1. The fourth-order valence-electron chi connectivity index (χ4n) is 2.28. The number of sulfonamides is 1. The Morgan fingerprint density at radius 3 is 2.68 bits per heavy atom. The lowest BCUT2D eigenvalue weighted by Crippen LogP contribution is -2.40. The van der Waals surface area contributed by atoms with Crippen LogP contribution in [-0.4, -0.2) is 33.6 Å². The van der Waals surface area contributed by atoms with Crippen molar-refractivity contribution in [1.82, 2.24) is 4.72 Å². The van der Waals surface area contributed by atoms with Crippen molar-refractivity contribution in [2.45, 2.75) is 11.0 Å². The molecule has 1 atom stereocenters. The number of aromatic carboxylic acids is 1. The summed E-state index contributed by atoms with van der Waals surface area (Å²) in [5.41, 5.74) is -0.393. The van der Waals surface area contributed by atoms with Crippen LogP contribution in [0, 0.1) is 0 Å². The van der Waals surface area contributed by atoms with E-state index in [1.807, 2.05) is 0 Å². The van der Waals surface area contributed by atoms with Gasteiger partial charge in [-0.25, -0.2) is 13.1 Å². The number of rotatable bonds is 5. The highest BCUT2D eigenvalue weighted by Gasteiger charge is 2.23. The third-order valence-electron chi connectivity index (χ3n) is 3.54. The first-order valence-electron chi connectivity index (χ1n) is 7.26. The number of carboxylic acid groups (broad SMARTS) is 1. The highest BCUT2D eigenvalue weighted by atomic mass is 35.5. The van der Waals surface area contributed by atoms with E-state index in [4.69, 9.17) is 21.1 Å². The van der Waals surface area contributed by atoms with Crippen molar-refractivity contribution in [2.24, 2.45) is 0 Å². The fraction of sp³-hybridized carbons (Fsp3) is 0.188. The SMILES string of the molecule is O=C([O-])c1cc(S(=O)(=O)NC[C@@H]2COc3ccccc3O2)ccc1Cl. The average Bonchev–Trinajstić information content (AvgIpc) is 2.60. The van der Waals surface area contributed by atoms with E-state index in [2.05, 4.69) is 4.72 Å². The summed E-state index contributed by atoms with van der Waals surface area (Å²) in [7, 11) is -3.95. The van der Waals surface area contributed by atoms with Crippen molar-refractivity contribution in [2.75, 3.05) is 13.2 Å². The molecule has 1 heterocycles. The number of carbonyl (C=O) groups excluding carboxylic acids is 1. The van der Waals surface area contributed by atoms with Crippen LogP contribution < -0.4 is 19.3 Å². The summed E-state index contributed by atoms with van der Waals surface area (Å²) in [6.45, 7) is 0.143. The summed E-state index contributed by atoms with van der Waals surface area (Å²) in [4.78, 5) is 10.7. The molecule has 9 heteroatoms. The number of hydrogen-bond acceptors (Lipinski definition) is 6. The Morgan fingerprint density at radius 2 is 1.96 bits per heavy atom. The van der Waals surface area contributed by atoms with Crippen LogP contribution in [0.2, 0.25) is 5.02 Å². The molecule has 0 saturated heterocycles. The lowest BCUT2D eigenvalue weighted by molar-refractivity contribution is -0.255. The second-order valence-electron chi connectivity index (χ2n) is 5.28. The molecule has 1 N–H and O–H groups in total. The van der Waals surface area contributed by atoms with Gasteiger partial charge in [0.05, 0.1) is 17.4 Å². The molecular weight excluding hydrogens is 370 g/mol. The van der Waals surface area contributed by atoms with Gasteiger partial charge in [0.2, 0.25) is 10.0 Å². The highest BCUT2D eigenvalue weighted by molar-refractivity contribution is 7.89. The molecule has 2 aromatic rings. The molecule has 1 aliphatic rings. The van der Waals surface area contributed by atoms with Gasteiger partial charge >= 0.3 is 0 Å². The van der Waals surface area contributed by atoms with Gasteiger partial charge in [0, 0.05) is 10.6 Å². The number of benzene rings is 2. The first-order valence-corrected chi connectivity index (χ1v) is 9.12. The summed E-state index contributed by atoms with van der Waals surface area (Å²) >= 11 is 5.72. The number of carboxylic acids is 1. The monoisotopic (exact) mass is 382 g/mol. The zero-order valence-corrected chi connectivity index (χ0v) is 14.3. The van der Waals surface area contributed by atoms with Crippen LogP contribution in [0.4, 0.5) is 0 Å². The molecule has 0 amide bonds. The molecule has 7 nitrogen and oxygen atoms in total. The van der Waals surface area contributed by atoms with Gasteiger partial charge in [-0.1, -0.05) is 23.7 Å². The van der Waals surface area contributed by atoms with Crippen molar-refractivity contribution < 1.29 is 27.8 Å². The predicted molar refractivity (Wildman–Crippen MR) is 87.3 cm³/mol. The molecule has 25 heavy (non-hydrogen) atoms. The smallest absolute Gasteiger partial charge is 0.240 e. The number of carbonyl (C=O) groups is 1. The number of ether oxygens (including phenoxy) is 2. The maximum Gasteiger partial charge on any atom is 0.240 e. The Balaban J connectivity index is 1.71. The third kappa shape index (κ3) is 3.87. The van der Waals surface area contributed by atoms with Crippen molar-refractivity contribution in [3.63, 3.8) is 0 Å². The molecule has 3 rings (SSSR count). The van der Waals surface area contributed by atoms with E-state index in [1.165, 1.54) is 12.1 Å². The molecule has 132 valence electrons. The zero-order chi connectivity index (χ0) is 18.0. The van der Waals surface area contributed by atoms with E-state index < -0.39 is 27.7 Å². The molecule has 0 aliphatic carbocycles. The predicted octanol–water partition coefficient (Wildman–Crippen LogP) is 0.822. The molecule has 0 saturated carbocycles. The maximum atomic E-state index is 12.3. The summed E-state index contributed by atoms with van der Waals surface area (Å²) in [5, 5.41) is 10.9. The van der Waals surface area contributed by atoms with Crippen LogP contribution in [0.3, 0.4) is 0 Å². The first-order chi connectivity index (χ1) is 11.9. The van der Waals surface area contributed by atoms with Crippen LogP contribution in [-0.2, 0) is 10.0 Å². The molecule has 0 aromatic heterocycles. The Kier molecular flexibility index (Phi) is 4.85. The maximum absolute atomic E-state index is 12.3. The zero-order valence-electron chi connectivity index (χ0n) is 12.8. The third-order valence-corrected chi connectivity index (χ3v) is 5.29. The molecule has 0 fully saturated rings. The molecule has 0 bridgehead atoms. The van der Waals surface area contributed by atoms with Crippen LogP contribution >= 0.6 is 11.6 Å². The molecular formula is C16H13ClNO6S-. The van der Waals surface area contributed by atoms with Gasteiger partial charge in [0.25, 0.3) is 0 Å². The Bertz CT molecular complexity index is 915. The number of halogens is 1. The van der Waals surface area contributed by atoms with E-state index >= 15 is 0 Å². The van der Waals surface area contributed by atoms with Crippen molar-refractivity contribution in [3.8, 4) is 11.5 Å².